The summed E-state index contributed by atoms with van der Waals surface area (Å²) in [5.41, 5.74) is 4.11. The standard InChI is InChI=1S/C28H31N9O2/c1-18(20-4-3-5-21-22(27(38)29-2)8-9-31-26(20)21)15-33-25-14-23(35-17-36-25)19-6-7-24(34-16-19)30-10-12-37-13-11-32-28(37)39/h3-9,14,16-18H,10-13,15H2,1-2H3,(H,29,38)(H,30,34)(H,32,39)(H,33,35,36)/t18-/m1/s1. The van der Waals surface area contributed by atoms with Crippen molar-refractivity contribution in [3.05, 3.63) is 72.3 Å². The number of benzene rings is 1. The maximum atomic E-state index is 12.3. The molecule has 5 rings (SSSR count). The summed E-state index contributed by atoms with van der Waals surface area (Å²) >= 11 is 0. The van der Waals surface area contributed by atoms with E-state index in [1.54, 1.807) is 30.4 Å². The Labute approximate surface area is 226 Å². The first-order chi connectivity index (χ1) is 19.0. The van der Waals surface area contributed by atoms with Crippen LogP contribution in [-0.2, 0) is 0 Å². The molecule has 1 aromatic carbocycles. The van der Waals surface area contributed by atoms with Gasteiger partial charge in [0.05, 0.1) is 16.8 Å². The van der Waals surface area contributed by atoms with Crippen molar-refractivity contribution >= 4 is 34.5 Å². The molecule has 3 aromatic heterocycles. The van der Waals surface area contributed by atoms with Crippen molar-refractivity contribution in [3.8, 4) is 11.3 Å². The molecule has 0 bridgehead atoms. The first-order valence-corrected chi connectivity index (χ1v) is 12.9. The molecule has 4 N–H and O–H groups in total. The van der Waals surface area contributed by atoms with Gasteiger partial charge < -0.3 is 26.2 Å². The molecule has 1 saturated heterocycles. The van der Waals surface area contributed by atoms with E-state index in [1.165, 1.54) is 6.33 Å². The number of rotatable bonds is 10. The topological polar surface area (TPSA) is 137 Å². The zero-order valence-electron chi connectivity index (χ0n) is 21.9. The van der Waals surface area contributed by atoms with Gasteiger partial charge in [0.15, 0.2) is 0 Å². The smallest absolute Gasteiger partial charge is 0.317 e. The third-order valence-corrected chi connectivity index (χ3v) is 6.75. The van der Waals surface area contributed by atoms with Crippen LogP contribution >= 0.6 is 0 Å². The van der Waals surface area contributed by atoms with E-state index < -0.39 is 0 Å². The number of hydrogen-bond donors (Lipinski definition) is 4. The summed E-state index contributed by atoms with van der Waals surface area (Å²) in [7, 11) is 1.63. The number of para-hydroxylation sites is 1. The molecule has 4 heterocycles. The molecule has 0 unspecified atom stereocenters. The van der Waals surface area contributed by atoms with Crippen LogP contribution in [-0.4, -0.2) is 76.5 Å². The molecule has 3 amide bonds. The highest BCUT2D eigenvalue weighted by Crippen LogP contribution is 2.27. The third kappa shape index (κ3) is 5.87. The minimum Gasteiger partial charge on any atom is -0.369 e. The maximum Gasteiger partial charge on any atom is 0.317 e. The van der Waals surface area contributed by atoms with Crippen LogP contribution < -0.4 is 21.3 Å². The lowest BCUT2D eigenvalue weighted by molar-refractivity contribution is 0.0964. The van der Waals surface area contributed by atoms with E-state index in [0.29, 0.717) is 37.6 Å². The number of urea groups is 1. The Balaban J connectivity index is 1.22. The van der Waals surface area contributed by atoms with Crippen molar-refractivity contribution in [1.29, 1.82) is 0 Å². The fraction of sp³-hybridized carbons (Fsp3) is 0.286. The second-order valence-corrected chi connectivity index (χ2v) is 9.33. The van der Waals surface area contributed by atoms with Gasteiger partial charge in [-0.3, -0.25) is 9.78 Å². The summed E-state index contributed by atoms with van der Waals surface area (Å²) in [5.74, 6) is 1.42. The molecule has 11 heteroatoms. The van der Waals surface area contributed by atoms with Gasteiger partial charge in [-0.2, -0.15) is 0 Å². The largest absolute Gasteiger partial charge is 0.369 e. The fourth-order valence-electron chi connectivity index (χ4n) is 4.60. The maximum absolute atomic E-state index is 12.3. The minimum atomic E-state index is -0.131. The number of fused-ring (bicyclic) bond motifs is 1. The van der Waals surface area contributed by atoms with Crippen LogP contribution in [0.25, 0.3) is 22.2 Å². The van der Waals surface area contributed by atoms with Gasteiger partial charge in [0.2, 0.25) is 0 Å². The molecule has 0 aliphatic carbocycles. The van der Waals surface area contributed by atoms with E-state index in [1.807, 2.05) is 36.4 Å². The van der Waals surface area contributed by atoms with E-state index in [4.69, 9.17) is 0 Å². The van der Waals surface area contributed by atoms with Gasteiger partial charge in [-0.1, -0.05) is 25.1 Å². The third-order valence-electron chi connectivity index (χ3n) is 6.75. The summed E-state index contributed by atoms with van der Waals surface area (Å²) in [5, 5.41) is 13.0. The van der Waals surface area contributed by atoms with Crippen molar-refractivity contribution < 1.29 is 9.59 Å². The number of aromatic nitrogens is 4. The molecular formula is C28H31N9O2. The van der Waals surface area contributed by atoms with Crippen molar-refractivity contribution in [2.24, 2.45) is 0 Å². The molecule has 1 aliphatic heterocycles. The molecule has 1 aliphatic rings. The number of pyridine rings is 2. The van der Waals surface area contributed by atoms with Crippen molar-refractivity contribution in [3.63, 3.8) is 0 Å². The Morgan fingerprint density at radius 1 is 1.08 bits per heavy atom. The highest BCUT2D eigenvalue weighted by molar-refractivity contribution is 6.06. The van der Waals surface area contributed by atoms with Gasteiger partial charge in [-0.05, 0) is 23.8 Å². The number of carbonyl (C=O) groups is 2. The van der Waals surface area contributed by atoms with E-state index in [-0.39, 0.29) is 17.9 Å². The van der Waals surface area contributed by atoms with Gasteiger partial charge in [-0.25, -0.2) is 19.7 Å². The molecule has 1 fully saturated rings. The highest BCUT2D eigenvalue weighted by atomic mass is 16.2. The van der Waals surface area contributed by atoms with Gasteiger partial charge in [-0.15, -0.1) is 0 Å². The molecule has 4 aromatic rings. The number of carbonyl (C=O) groups excluding carboxylic acids is 2. The van der Waals surface area contributed by atoms with E-state index >= 15 is 0 Å². The summed E-state index contributed by atoms with van der Waals surface area (Å²) in [6, 6.07) is 13.4. The first kappa shape index (κ1) is 25.8. The lowest BCUT2D eigenvalue weighted by atomic mass is 9.96. The van der Waals surface area contributed by atoms with Crippen LogP contribution in [0, 0.1) is 0 Å². The molecule has 39 heavy (non-hydrogen) atoms. The molecule has 0 spiro atoms. The molecule has 0 radical (unpaired) electrons. The first-order valence-electron chi connectivity index (χ1n) is 12.9. The number of hydrogen-bond acceptors (Lipinski definition) is 8. The van der Waals surface area contributed by atoms with Crippen molar-refractivity contribution in [1.82, 2.24) is 35.5 Å². The average molecular weight is 526 g/mol. The minimum absolute atomic E-state index is 0.0217. The molecule has 1 atom stereocenters. The number of nitrogens with zero attached hydrogens (tertiary/aromatic N) is 5. The number of anilines is 2. The Bertz CT molecular complexity index is 1480. The second kappa shape index (κ2) is 11.7. The SMILES string of the molecule is CNC(=O)c1ccnc2c([C@H](C)CNc3cc(-c4ccc(NCCN5CCNC5=O)nc4)ncn3)cccc12. The number of nitrogens with one attached hydrogen (secondary N) is 4. The zero-order valence-corrected chi connectivity index (χ0v) is 21.9. The van der Waals surface area contributed by atoms with Crippen LogP contribution in [0.5, 0.6) is 0 Å². The monoisotopic (exact) mass is 525 g/mol. The molecule has 200 valence electrons. The van der Waals surface area contributed by atoms with E-state index in [9.17, 15) is 9.59 Å². The molecular weight excluding hydrogens is 494 g/mol. The van der Waals surface area contributed by atoms with Crippen LogP contribution in [0.3, 0.4) is 0 Å². The van der Waals surface area contributed by atoms with Gasteiger partial charge in [0.1, 0.15) is 18.0 Å². The highest BCUT2D eigenvalue weighted by Gasteiger charge is 2.18. The summed E-state index contributed by atoms with van der Waals surface area (Å²) < 4.78 is 0. The Morgan fingerprint density at radius 3 is 2.74 bits per heavy atom. The van der Waals surface area contributed by atoms with E-state index in [2.05, 4.69) is 48.1 Å². The van der Waals surface area contributed by atoms with Gasteiger partial charge >= 0.3 is 6.03 Å². The van der Waals surface area contributed by atoms with Crippen LogP contribution in [0.4, 0.5) is 16.4 Å². The summed E-state index contributed by atoms with van der Waals surface area (Å²) in [6.07, 6.45) is 4.98. The molecule has 0 saturated carbocycles. The van der Waals surface area contributed by atoms with E-state index in [0.717, 1.165) is 40.1 Å². The number of amides is 3. The van der Waals surface area contributed by atoms with Gasteiger partial charge in [0.25, 0.3) is 5.91 Å². The Kier molecular flexibility index (Phi) is 7.76. The van der Waals surface area contributed by atoms with Crippen molar-refractivity contribution in [2.75, 3.05) is 50.4 Å². The van der Waals surface area contributed by atoms with Crippen LogP contribution in [0.1, 0.15) is 28.8 Å². The van der Waals surface area contributed by atoms with Crippen LogP contribution in [0.15, 0.2) is 61.2 Å². The predicted octanol–water partition coefficient (Wildman–Crippen LogP) is 3.10. The fourth-order valence-corrected chi connectivity index (χ4v) is 4.60. The predicted molar refractivity (Wildman–Crippen MR) is 151 cm³/mol. The quantitative estimate of drug-likeness (QED) is 0.248. The lowest BCUT2D eigenvalue weighted by Crippen LogP contribution is -2.32. The van der Waals surface area contributed by atoms with Gasteiger partial charge in [0, 0.05) is 75.1 Å². The molecule has 11 nitrogen and oxygen atoms in total. The summed E-state index contributed by atoms with van der Waals surface area (Å²) in [6.45, 7) is 5.41. The van der Waals surface area contributed by atoms with Crippen molar-refractivity contribution in [2.45, 2.75) is 12.8 Å². The lowest BCUT2D eigenvalue weighted by Gasteiger charge is -2.16. The Hall–Kier alpha value is -4.80. The Morgan fingerprint density at radius 2 is 1.97 bits per heavy atom. The van der Waals surface area contributed by atoms with Crippen LogP contribution in [0.2, 0.25) is 0 Å². The summed E-state index contributed by atoms with van der Waals surface area (Å²) in [4.78, 5) is 43.6. The normalized spacial score (nSPS) is 13.7. The zero-order chi connectivity index (χ0) is 27.2. The second-order valence-electron chi connectivity index (χ2n) is 9.33. The average Bonchev–Trinajstić information content (AvgIpc) is 3.39.